The molecule has 0 unspecified atom stereocenters. The molecule has 1 fully saturated rings. The van der Waals surface area contributed by atoms with Gasteiger partial charge in [0.1, 0.15) is 11.9 Å². The van der Waals surface area contributed by atoms with Crippen LogP contribution in [0, 0.1) is 11.6 Å². The van der Waals surface area contributed by atoms with Crippen molar-refractivity contribution in [3.8, 4) is 5.75 Å². The van der Waals surface area contributed by atoms with Gasteiger partial charge >= 0.3 is 6.09 Å². The van der Waals surface area contributed by atoms with Crippen molar-refractivity contribution in [1.29, 1.82) is 0 Å². The lowest BCUT2D eigenvalue weighted by Crippen LogP contribution is -2.40. The number of phenolic OH excluding ortho intramolecular Hbond substituents is 1. The predicted octanol–water partition coefficient (Wildman–Crippen LogP) is 6.66. The molecule has 2 aromatic carbocycles. The number of amides is 1. The minimum absolute atomic E-state index is 0.157. The van der Waals surface area contributed by atoms with Gasteiger partial charge in [0, 0.05) is 37.8 Å². The highest BCUT2D eigenvalue weighted by Crippen LogP contribution is 2.22. The first-order valence-corrected chi connectivity index (χ1v) is 14.4. The topological polar surface area (TPSA) is 73.8 Å². The van der Waals surface area contributed by atoms with E-state index in [1.807, 2.05) is 0 Å². The van der Waals surface area contributed by atoms with Crippen molar-refractivity contribution < 1.29 is 23.4 Å². The van der Waals surface area contributed by atoms with Gasteiger partial charge in [-0.1, -0.05) is 74.9 Å². The maximum atomic E-state index is 13.5. The second-order valence-electron chi connectivity index (χ2n) is 10.4. The van der Waals surface area contributed by atoms with Crippen LogP contribution in [-0.4, -0.2) is 48.4 Å². The Morgan fingerprint density at radius 2 is 1.72 bits per heavy atom. The van der Waals surface area contributed by atoms with Crippen LogP contribution in [0.15, 0.2) is 110 Å². The molecular formula is C35H41F2N3O3. The highest BCUT2D eigenvalue weighted by atomic mass is 19.1. The number of halogens is 2. The average Bonchev–Trinajstić information content (AvgIpc) is 3.00. The quantitative estimate of drug-likeness (QED) is 0.160. The number of hydrogen-bond acceptors (Lipinski definition) is 5. The van der Waals surface area contributed by atoms with Crippen LogP contribution in [0.5, 0.6) is 5.75 Å². The number of allylic oxidation sites excluding steroid dienone is 6. The molecule has 0 aromatic heterocycles. The van der Waals surface area contributed by atoms with Crippen molar-refractivity contribution in [1.82, 2.24) is 15.5 Å². The number of piperidine rings is 1. The number of aromatic hydroxyl groups is 1. The van der Waals surface area contributed by atoms with E-state index in [0.717, 1.165) is 56.9 Å². The van der Waals surface area contributed by atoms with E-state index in [-0.39, 0.29) is 18.2 Å². The van der Waals surface area contributed by atoms with E-state index in [9.17, 15) is 18.7 Å². The fraction of sp³-hybridized carbons (Fsp3) is 0.286. The van der Waals surface area contributed by atoms with Crippen LogP contribution in [0.3, 0.4) is 0 Å². The largest absolute Gasteiger partial charge is 0.505 e. The zero-order valence-corrected chi connectivity index (χ0v) is 24.6. The highest BCUT2D eigenvalue weighted by molar-refractivity contribution is 5.72. The Bertz CT molecular complexity index is 1360. The van der Waals surface area contributed by atoms with E-state index in [2.05, 4.69) is 66.1 Å². The summed E-state index contributed by atoms with van der Waals surface area (Å²) in [6, 6.07) is 10.2. The fourth-order valence-electron chi connectivity index (χ4n) is 4.70. The Hall–Kier alpha value is -4.27. The van der Waals surface area contributed by atoms with Gasteiger partial charge in [0.25, 0.3) is 0 Å². The Morgan fingerprint density at radius 3 is 2.37 bits per heavy atom. The SMILES string of the molecule is C=C/C=C\C(=C)C(=C)/C(=C\C=C)NC(=O)OC1CCN(CCc2ccc(CCNCc3cc(F)cc(F)c3O)cc2)CC1. The molecule has 1 amide bonds. The van der Waals surface area contributed by atoms with Crippen molar-refractivity contribution in [3.05, 3.63) is 138 Å². The Kier molecular flexibility index (Phi) is 13.1. The normalized spacial score (nSPS) is 14.4. The smallest absolute Gasteiger partial charge is 0.411 e. The molecule has 1 saturated heterocycles. The van der Waals surface area contributed by atoms with Crippen molar-refractivity contribution in [2.45, 2.75) is 38.3 Å². The van der Waals surface area contributed by atoms with Gasteiger partial charge in [-0.15, -0.1) is 0 Å². The van der Waals surface area contributed by atoms with Crippen molar-refractivity contribution in [2.24, 2.45) is 0 Å². The van der Waals surface area contributed by atoms with Gasteiger partial charge in [-0.05, 0) is 66.6 Å². The average molecular weight is 590 g/mol. The molecule has 8 heteroatoms. The summed E-state index contributed by atoms with van der Waals surface area (Å²) in [7, 11) is 0. The number of carbonyl (C=O) groups is 1. The van der Waals surface area contributed by atoms with E-state index < -0.39 is 23.5 Å². The number of phenols is 1. The van der Waals surface area contributed by atoms with Crippen molar-refractivity contribution in [3.63, 3.8) is 0 Å². The molecule has 0 saturated carbocycles. The lowest BCUT2D eigenvalue weighted by atomic mass is 10.0. The van der Waals surface area contributed by atoms with Gasteiger partial charge in [0.15, 0.2) is 11.6 Å². The Morgan fingerprint density at radius 1 is 1.05 bits per heavy atom. The predicted molar refractivity (Wildman–Crippen MR) is 169 cm³/mol. The molecule has 2 aromatic rings. The number of nitrogens with zero attached hydrogens (tertiary/aromatic N) is 1. The molecule has 0 atom stereocenters. The first-order valence-electron chi connectivity index (χ1n) is 14.4. The van der Waals surface area contributed by atoms with Crippen LogP contribution in [-0.2, 0) is 24.1 Å². The number of hydrogen-bond donors (Lipinski definition) is 3. The summed E-state index contributed by atoms with van der Waals surface area (Å²) < 4.78 is 32.5. The summed E-state index contributed by atoms with van der Waals surface area (Å²) in [5.41, 5.74) is 4.28. The van der Waals surface area contributed by atoms with Crippen LogP contribution in [0.1, 0.15) is 29.5 Å². The highest BCUT2D eigenvalue weighted by Gasteiger charge is 2.23. The maximum Gasteiger partial charge on any atom is 0.411 e. The van der Waals surface area contributed by atoms with Crippen LogP contribution in [0.2, 0.25) is 0 Å². The van der Waals surface area contributed by atoms with E-state index >= 15 is 0 Å². The number of rotatable bonds is 15. The van der Waals surface area contributed by atoms with Gasteiger partial charge in [-0.3, -0.25) is 5.32 Å². The second-order valence-corrected chi connectivity index (χ2v) is 10.4. The first kappa shape index (κ1) is 33.2. The zero-order valence-electron chi connectivity index (χ0n) is 24.6. The van der Waals surface area contributed by atoms with Gasteiger partial charge in [-0.2, -0.15) is 0 Å². The lowest BCUT2D eigenvalue weighted by Gasteiger charge is -2.31. The van der Waals surface area contributed by atoms with Gasteiger partial charge in [0.05, 0.1) is 5.70 Å². The second kappa shape index (κ2) is 17.0. The summed E-state index contributed by atoms with van der Waals surface area (Å²) >= 11 is 0. The number of alkyl carbamates (subject to hydrolysis) is 1. The summed E-state index contributed by atoms with van der Waals surface area (Å²) in [5.74, 6) is -2.19. The molecule has 1 aliphatic heterocycles. The van der Waals surface area contributed by atoms with Crippen LogP contribution in [0.4, 0.5) is 13.6 Å². The molecule has 6 nitrogen and oxygen atoms in total. The standard InChI is InChI=1S/C35H41F2N3O3/c1-5-7-9-25(3)26(4)33(8-6-2)39-35(42)43-31-16-20-40(21-17-31)19-15-28-12-10-27(11-13-28)14-18-38-24-29-22-30(36)23-32(37)34(29)41/h5-13,22-23,31,38,41H,1-4,14-21,24H2,(H,39,42)/b9-7-,33-8+. The molecule has 0 aliphatic carbocycles. The van der Waals surface area contributed by atoms with Crippen LogP contribution in [0.25, 0.3) is 0 Å². The minimum atomic E-state index is -0.957. The third-order valence-corrected chi connectivity index (χ3v) is 7.23. The van der Waals surface area contributed by atoms with E-state index in [1.165, 1.54) is 5.56 Å². The van der Waals surface area contributed by atoms with Gasteiger partial charge in [-0.25, -0.2) is 13.6 Å². The maximum absolute atomic E-state index is 13.5. The minimum Gasteiger partial charge on any atom is -0.505 e. The number of carbonyl (C=O) groups excluding carboxylic acids is 1. The van der Waals surface area contributed by atoms with Crippen LogP contribution < -0.4 is 10.6 Å². The number of ether oxygens (including phenoxy) is 1. The lowest BCUT2D eigenvalue weighted by molar-refractivity contribution is 0.0527. The third-order valence-electron chi connectivity index (χ3n) is 7.23. The molecule has 3 N–H and O–H groups in total. The number of likely N-dealkylation sites (tertiary alicyclic amines) is 1. The summed E-state index contributed by atoms with van der Waals surface area (Å²) in [5, 5.41) is 15.6. The third kappa shape index (κ3) is 10.8. The van der Waals surface area contributed by atoms with Crippen LogP contribution >= 0.6 is 0 Å². The van der Waals surface area contributed by atoms with Crippen molar-refractivity contribution >= 4 is 6.09 Å². The Labute approximate surface area is 253 Å². The Balaban J connectivity index is 1.35. The van der Waals surface area contributed by atoms with E-state index in [1.54, 1.807) is 30.4 Å². The molecule has 1 heterocycles. The monoisotopic (exact) mass is 589 g/mol. The van der Waals surface area contributed by atoms with Gasteiger partial charge in [0.2, 0.25) is 0 Å². The number of benzene rings is 2. The molecule has 3 rings (SSSR count). The van der Waals surface area contributed by atoms with E-state index in [4.69, 9.17) is 4.74 Å². The zero-order chi connectivity index (χ0) is 31.2. The molecule has 43 heavy (non-hydrogen) atoms. The summed E-state index contributed by atoms with van der Waals surface area (Å²) in [6.45, 7) is 18.7. The molecule has 1 aliphatic rings. The molecule has 0 spiro atoms. The molecule has 0 bridgehead atoms. The summed E-state index contributed by atoms with van der Waals surface area (Å²) in [4.78, 5) is 15.0. The fourth-order valence-corrected chi connectivity index (χ4v) is 4.70. The van der Waals surface area contributed by atoms with Crippen molar-refractivity contribution in [2.75, 3.05) is 26.2 Å². The number of nitrogens with one attached hydrogen (secondary N) is 2. The van der Waals surface area contributed by atoms with Gasteiger partial charge < -0.3 is 20.1 Å². The summed E-state index contributed by atoms with van der Waals surface area (Å²) in [6.07, 6.45) is 10.9. The molecular weight excluding hydrogens is 548 g/mol. The molecule has 228 valence electrons. The first-order chi connectivity index (χ1) is 20.7. The van der Waals surface area contributed by atoms with E-state index in [0.29, 0.717) is 29.5 Å². The molecule has 0 radical (unpaired) electrons.